The molecule has 0 spiro atoms. The van der Waals surface area contributed by atoms with Crippen LogP contribution in [0.25, 0.3) is 11.1 Å². The zero-order valence-electron chi connectivity index (χ0n) is 11.6. The second kappa shape index (κ2) is 5.76. The van der Waals surface area contributed by atoms with Gasteiger partial charge in [0, 0.05) is 6.54 Å². The maximum absolute atomic E-state index is 5.81. The monoisotopic (exact) mass is 257 g/mol. The Bertz CT molecular complexity index is 579. The summed E-state index contributed by atoms with van der Waals surface area (Å²) in [7, 11) is 3.28. The quantitative estimate of drug-likeness (QED) is 0.915. The Morgan fingerprint density at radius 1 is 0.947 bits per heavy atom. The summed E-state index contributed by atoms with van der Waals surface area (Å²) in [4.78, 5) is 0. The van der Waals surface area contributed by atoms with Crippen LogP contribution in [0.5, 0.6) is 11.5 Å². The van der Waals surface area contributed by atoms with E-state index in [1.807, 2.05) is 18.2 Å². The summed E-state index contributed by atoms with van der Waals surface area (Å²) in [6.07, 6.45) is 0. The van der Waals surface area contributed by atoms with E-state index in [0.717, 1.165) is 28.2 Å². The van der Waals surface area contributed by atoms with Crippen molar-refractivity contribution in [3.05, 3.63) is 47.5 Å². The molecule has 2 aromatic rings. The number of methoxy groups -OCH3 is 2. The molecule has 19 heavy (non-hydrogen) atoms. The third-order valence-electron chi connectivity index (χ3n) is 3.18. The Morgan fingerprint density at radius 2 is 1.68 bits per heavy atom. The van der Waals surface area contributed by atoms with Crippen molar-refractivity contribution in [3.8, 4) is 22.6 Å². The molecule has 0 aliphatic rings. The zero-order valence-corrected chi connectivity index (χ0v) is 11.6. The molecule has 3 nitrogen and oxygen atoms in total. The summed E-state index contributed by atoms with van der Waals surface area (Å²) in [6, 6.07) is 12.2. The van der Waals surface area contributed by atoms with Crippen LogP contribution in [0.3, 0.4) is 0 Å². The fourth-order valence-corrected chi connectivity index (χ4v) is 2.14. The summed E-state index contributed by atoms with van der Waals surface area (Å²) in [6.45, 7) is 2.59. The van der Waals surface area contributed by atoms with Crippen LogP contribution >= 0.6 is 0 Å². The highest BCUT2D eigenvalue weighted by atomic mass is 16.5. The molecule has 2 rings (SSSR count). The maximum atomic E-state index is 5.81. The first-order valence-corrected chi connectivity index (χ1v) is 6.21. The molecule has 0 saturated carbocycles. The molecule has 0 bridgehead atoms. The number of ether oxygens (including phenoxy) is 2. The molecule has 0 fully saturated rings. The summed E-state index contributed by atoms with van der Waals surface area (Å²) < 4.78 is 10.6. The van der Waals surface area contributed by atoms with Crippen molar-refractivity contribution in [1.29, 1.82) is 0 Å². The molecule has 0 aliphatic heterocycles. The van der Waals surface area contributed by atoms with E-state index in [9.17, 15) is 0 Å². The molecule has 0 radical (unpaired) electrons. The molecule has 0 amide bonds. The van der Waals surface area contributed by atoms with E-state index in [4.69, 9.17) is 15.2 Å². The first-order valence-electron chi connectivity index (χ1n) is 6.21. The molecular weight excluding hydrogens is 238 g/mol. The average molecular weight is 257 g/mol. The highest BCUT2D eigenvalue weighted by Gasteiger charge is 2.09. The van der Waals surface area contributed by atoms with Crippen LogP contribution in [0.15, 0.2) is 36.4 Å². The van der Waals surface area contributed by atoms with Crippen molar-refractivity contribution in [3.63, 3.8) is 0 Å². The molecule has 0 atom stereocenters. The first kappa shape index (κ1) is 13.4. The van der Waals surface area contributed by atoms with Gasteiger partial charge in [-0.1, -0.05) is 29.8 Å². The van der Waals surface area contributed by atoms with E-state index in [1.54, 1.807) is 14.2 Å². The normalized spacial score (nSPS) is 10.3. The van der Waals surface area contributed by atoms with Crippen molar-refractivity contribution >= 4 is 0 Å². The molecular formula is C16H19NO2. The Labute approximate surface area is 114 Å². The van der Waals surface area contributed by atoms with Crippen molar-refractivity contribution in [2.45, 2.75) is 13.5 Å². The van der Waals surface area contributed by atoms with Crippen LogP contribution in [-0.2, 0) is 6.54 Å². The third-order valence-corrected chi connectivity index (χ3v) is 3.18. The lowest BCUT2D eigenvalue weighted by atomic mass is 9.97. The predicted octanol–water partition coefficient (Wildman–Crippen LogP) is 3.14. The van der Waals surface area contributed by atoms with Gasteiger partial charge in [-0.2, -0.15) is 0 Å². The van der Waals surface area contributed by atoms with Gasteiger partial charge in [0.05, 0.1) is 14.2 Å². The van der Waals surface area contributed by atoms with Crippen molar-refractivity contribution in [2.24, 2.45) is 5.73 Å². The summed E-state index contributed by atoms with van der Waals surface area (Å²) in [5.41, 5.74) is 10.4. The van der Waals surface area contributed by atoms with E-state index in [1.165, 1.54) is 5.56 Å². The van der Waals surface area contributed by atoms with Gasteiger partial charge in [-0.3, -0.25) is 0 Å². The number of nitrogens with two attached hydrogens (primary N) is 1. The second-order valence-corrected chi connectivity index (χ2v) is 4.43. The predicted molar refractivity (Wildman–Crippen MR) is 77.6 cm³/mol. The van der Waals surface area contributed by atoms with E-state index in [0.29, 0.717) is 6.54 Å². The van der Waals surface area contributed by atoms with Gasteiger partial charge in [0.15, 0.2) is 11.5 Å². The lowest BCUT2D eigenvalue weighted by Gasteiger charge is -2.13. The molecule has 0 unspecified atom stereocenters. The minimum atomic E-state index is 0.518. The van der Waals surface area contributed by atoms with Crippen LogP contribution in [0, 0.1) is 6.92 Å². The second-order valence-electron chi connectivity index (χ2n) is 4.43. The minimum Gasteiger partial charge on any atom is -0.493 e. The van der Waals surface area contributed by atoms with E-state index < -0.39 is 0 Å². The molecule has 2 N–H and O–H groups in total. The highest BCUT2D eigenvalue weighted by molar-refractivity contribution is 5.71. The van der Waals surface area contributed by atoms with Crippen LogP contribution in [0.1, 0.15) is 11.1 Å². The minimum absolute atomic E-state index is 0.518. The fourth-order valence-electron chi connectivity index (χ4n) is 2.14. The molecule has 0 aromatic heterocycles. The van der Waals surface area contributed by atoms with Gasteiger partial charge >= 0.3 is 0 Å². The molecule has 0 saturated heterocycles. The number of rotatable bonds is 4. The summed E-state index contributed by atoms with van der Waals surface area (Å²) in [5.74, 6) is 1.46. The first-order chi connectivity index (χ1) is 9.19. The van der Waals surface area contributed by atoms with Crippen LogP contribution in [0.4, 0.5) is 0 Å². The number of benzene rings is 2. The number of aryl methyl sites for hydroxylation is 1. The van der Waals surface area contributed by atoms with Gasteiger partial charge < -0.3 is 15.2 Å². The molecule has 3 heteroatoms. The largest absolute Gasteiger partial charge is 0.493 e. The summed E-state index contributed by atoms with van der Waals surface area (Å²) in [5, 5.41) is 0. The number of hydrogen-bond donors (Lipinski definition) is 1. The highest BCUT2D eigenvalue weighted by Crippen LogP contribution is 2.33. The Hall–Kier alpha value is -2.00. The van der Waals surface area contributed by atoms with E-state index in [2.05, 4.69) is 25.1 Å². The van der Waals surface area contributed by atoms with Gasteiger partial charge in [-0.05, 0) is 35.7 Å². The number of hydrogen-bond acceptors (Lipinski definition) is 3. The summed E-state index contributed by atoms with van der Waals surface area (Å²) >= 11 is 0. The van der Waals surface area contributed by atoms with Crippen LogP contribution in [0.2, 0.25) is 0 Å². The lowest BCUT2D eigenvalue weighted by molar-refractivity contribution is 0.355. The smallest absolute Gasteiger partial charge is 0.161 e. The van der Waals surface area contributed by atoms with Crippen molar-refractivity contribution in [2.75, 3.05) is 14.2 Å². The molecule has 0 aliphatic carbocycles. The van der Waals surface area contributed by atoms with Crippen LogP contribution in [-0.4, -0.2) is 14.2 Å². The van der Waals surface area contributed by atoms with Gasteiger partial charge in [0.1, 0.15) is 0 Å². The van der Waals surface area contributed by atoms with Gasteiger partial charge in [0.2, 0.25) is 0 Å². The molecule has 2 aromatic carbocycles. The van der Waals surface area contributed by atoms with E-state index >= 15 is 0 Å². The molecule has 100 valence electrons. The standard InChI is InChI=1S/C16H19NO2/c1-11-4-5-13(10-17)14(8-11)12-6-7-15(18-2)16(9-12)19-3/h4-9H,10,17H2,1-3H3. The molecule has 0 heterocycles. The topological polar surface area (TPSA) is 44.5 Å². The van der Waals surface area contributed by atoms with Crippen molar-refractivity contribution in [1.82, 2.24) is 0 Å². The Balaban J connectivity index is 2.55. The fraction of sp³-hybridized carbons (Fsp3) is 0.250. The third kappa shape index (κ3) is 2.71. The Kier molecular flexibility index (Phi) is 4.07. The zero-order chi connectivity index (χ0) is 13.8. The average Bonchev–Trinajstić information content (AvgIpc) is 2.46. The van der Waals surface area contributed by atoms with Gasteiger partial charge in [0.25, 0.3) is 0 Å². The lowest BCUT2D eigenvalue weighted by Crippen LogP contribution is -1.99. The van der Waals surface area contributed by atoms with E-state index in [-0.39, 0.29) is 0 Å². The van der Waals surface area contributed by atoms with Gasteiger partial charge in [-0.25, -0.2) is 0 Å². The van der Waals surface area contributed by atoms with Gasteiger partial charge in [-0.15, -0.1) is 0 Å². The maximum Gasteiger partial charge on any atom is 0.161 e. The van der Waals surface area contributed by atoms with Crippen LogP contribution < -0.4 is 15.2 Å². The Morgan fingerprint density at radius 3 is 2.32 bits per heavy atom. The van der Waals surface area contributed by atoms with Crippen molar-refractivity contribution < 1.29 is 9.47 Å². The SMILES string of the molecule is COc1ccc(-c2cc(C)ccc2CN)cc1OC.